The van der Waals surface area contributed by atoms with Gasteiger partial charge in [0.05, 0.1) is 6.61 Å². The molecular formula is C10H14N2O2. The van der Waals surface area contributed by atoms with E-state index in [1.54, 1.807) is 0 Å². The van der Waals surface area contributed by atoms with Gasteiger partial charge in [0.15, 0.2) is 5.84 Å². The zero-order chi connectivity index (χ0) is 10.2. The molecule has 1 aromatic rings. The molecule has 0 aliphatic rings. The Kier molecular flexibility index (Phi) is 4.50. The zero-order valence-electron chi connectivity index (χ0n) is 7.89. The predicted octanol–water partition coefficient (Wildman–Crippen LogP) is 0.992. The third-order valence-corrected chi connectivity index (χ3v) is 1.76. The first-order valence-electron chi connectivity index (χ1n) is 4.41. The molecule has 0 spiro atoms. The molecule has 0 heterocycles. The first kappa shape index (κ1) is 10.5. The topological polar surface area (TPSA) is 67.8 Å². The Morgan fingerprint density at radius 1 is 1.36 bits per heavy atom. The monoisotopic (exact) mass is 194 g/mol. The average Bonchev–Trinajstić information content (AvgIpc) is 2.25. The van der Waals surface area contributed by atoms with Crippen molar-refractivity contribution >= 4 is 5.84 Å². The van der Waals surface area contributed by atoms with Crippen molar-refractivity contribution in [3.8, 4) is 0 Å². The van der Waals surface area contributed by atoms with Crippen molar-refractivity contribution in [3.63, 3.8) is 0 Å². The molecular weight excluding hydrogens is 180 g/mol. The van der Waals surface area contributed by atoms with E-state index in [4.69, 9.17) is 15.7 Å². The van der Waals surface area contributed by atoms with E-state index in [1.807, 2.05) is 30.3 Å². The minimum absolute atomic E-state index is 0.0954. The van der Waals surface area contributed by atoms with E-state index in [-0.39, 0.29) is 12.4 Å². The Hall–Kier alpha value is -1.55. The lowest BCUT2D eigenvalue weighted by Crippen LogP contribution is -2.19. The summed E-state index contributed by atoms with van der Waals surface area (Å²) >= 11 is 0. The van der Waals surface area contributed by atoms with E-state index in [0.29, 0.717) is 6.61 Å². The number of nitrogens with zero attached hydrogens (tertiary/aromatic N) is 1. The summed E-state index contributed by atoms with van der Waals surface area (Å²) in [5.74, 6) is 0.0954. The summed E-state index contributed by atoms with van der Waals surface area (Å²) < 4.78 is 5.17. The Balaban J connectivity index is 2.17. The molecule has 0 aliphatic heterocycles. The summed E-state index contributed by atoms with van der Waals surface area (Å²) in [5.41, 5.74) is 6.44. The van der Waals surface area contributed by atoms with Gasteiger partial charge in [-0.05, 0) is 12.0 Å². The molecule has 0 atom stereocenters. The molecule has 0 radical (unpaired) electrons. The SMILES string of the molecule is NC(COCCc1ccccc1)=NO. The fourth-order valence-corrected chi connectivity index (χ4v) is 1.04. The first-order valence-corrected chi connectivity index (χ1v) is 4.41. The van der Waals surface area contributed by atoms with Gasteiger partial charge >= 0.3 is 0 Å². The van der Waals surface area contributed by atoms with E-state index in [9.17, 15) is 0 Å². The molecule has 0 fully saturated rings. The fraction of sp³-hybridized carbons (Fsp3) is 0.300. The van der Waals surface area contributed by atoms with Crippen LogP contribution in [0.4, 0.5) is 0 Å². The van der Waals surface area contributed by atoms with Crippen LogP contribution in [0, 0.1) is 0 Å². The van der Waals surface area contributed by atoms with Crippen LogP contribution in [0.1, 0.15) is 5.56 Å². The van der Waals surface area contributed by atoms with Crippen molar-refractivity contribution in [1.29, 1.82) is 0 Å². The summed E-state index contributed by atoms with van der Waals surface area (Å²) in [6.07, 6.45) is 0.833. The van der Waals surface area contributed by atoms with Crippen LogP contribution in [0.15, 0.2) is 35.5 Å². The lowest BCUT2D eigenvalue weighted by molar-refractivity contribution is 0.171. The number of ether oxygens (including phenoxy) is 1. The van der Waals surface area contributed by atoms with Crippen LogP contribution in [-0.4, -0.2) is 24.3 Å². The number of benzene rings is 1. The number of hydrogen-bond acceptors (Lipinski definition) is 3. The third-order valence-electron chi connectivity index (χ3n) is 1.76. The van der Waals surface area contributed by atoms with Gasteiger partial charge in [-0.1, -0.05) is 35.5 Å². The van der Waals surface area contributed by atoms with Crippen LogP contribution >= 0.6 is 0 Å². The van der Waals surface area contributed by atoms with Crippen molar-refractivity contribution in [2.75, 3.05) is 13.2 Å². The largest absolute Gasteiger partial charge is 0.409 e. The smallest absolute Gasteiger partial charge is 0.165 e. The van der Waals surface area contributed by atoms with E-state index in [2.05, 4.69) is 5.16 Å². The lowest BCUT2D eigenvalue weighted by atomic mass is 10.2. The quantitative estimate of drug-likeness (QED) is 0.241. The van der Waals surface area contributed by atoms with Gasteiger partial charge in [0.1, 0.15) is 6.61 Å². The highest BCUT2D eigenvalue weighted by molar-refractivity contribution is 5.80. The normalized spacial score (nSPS) is 11.6. The summed E-state index contributed by atoms with van der Waals surface area (Å²) in [4.78, 5) is 0. The summed E-state index contributed by atoms with van der Waals surface area (Å²) in [5, 5.41) is 11.0. The summed E-state index contributed by atoms with van der Waals surface area (Å²) in [6.45, 7) is 0.740. The molecule has 4 heteroatoms. The van der Waals surface area contributed by atoms with Gasteiger partial charge in [-0.25, -0.2) is 0 Å². The Morgan fingerprint density at radius 2 is 2.07 bits per heavy atom. The van der Waals surface area contributed by atoms with Crippen LogP contribution in [0.5, 0.6) is 0 Å². The van der Waals surface area contributed by atoms with E-state index in [1.165, 1.54) is 5.56 Å². The molecule has 76 valence electrons. The first-order chi connectivity index (χ1) is 6.83. The summed E-state index contributed by atoms with van der Waals surface area (Å²) in [7, 11) is 0. The van der Waals surface area contributed by atoms with E-state index >= 15 is 0 Å². The maximum absolute atomic E-state index is 8.23. The van der Waals surface area contributed by atoms with Gasteiger partial charge in [0.25, 0.3) is 0 Å². The number of hydrogen-bond donors (Lipinski definition) is 2. The van der Waals surface area contributed by atoms with Crippen molar-refractivity contribution in [3.05, 3.63) is 35.9 Å². The number of amidine groups is 1. The average molecular weight is 194 g/mol. The minimum atomic E-state index is 0.0954. The van der Waals surface area contributed by atoms with Crippen molar-refractivity contribution in [2.24, 2.45) is 10.9 Å². The lowest BCUT2D eigenvalue weighted by Gasteiger charge is -2.02. The highest BCUT2D eigenvalue weighted by atomic mass is 16.5. The van der Waals surface area contributed by atoms with Crippen molar-refractivity contribution < 1.29 is 9.94 Å². The highest BCUT2D eigenvalue weighted by Crippen LogP contribution is 1.99. The molecule has 0 bridgehead atoms. The van der Waals surface area contributed by atoms with Crippen LogP contribution in [0.25, 0.3) is 0 Å². The molecule has 0 amide bonds. The van der Waals surface area contributed by atoms with Crippen LogP contribution in [-0.2, 0) is 11.2 Å². The van der Waals surface area contributed by atoms with Crippen LogP contribution in [0.2, 0.25) is 0 Å². The fourth-order valence-electron chi connectivity index (χ4n) is 1.04. The molecule has 0 saturated carbocycles. The van der Waals surface area contributed by atoms with Crippen LogP contribution in [0.3, 0.4) is 0 Å². The van der Waals surface area contributed by atoms with Gasteiger partial charge in [0.2, 0.25) is 0 Å². The predicted molar refractivity (Wildman–Crippen MR) is 54.4 cm³/mol. The molecule has 1 aromatic carbocycles. The van der Waals surface area contributed by atoms with Gasteiger partial charge in [-0.15, -0.1) is 0 Å². The van der Waals surface area contributed by atoms with Gasteiger partial charge in [0, 0.05) is 0 Å². The van der Waals surface area contributed by atoms with Crippen molar-refractivity contribution in [1.82, 2.24) is 0 Å². The molecule has 1 rings (SSSR count). The second-order valence-corrected chi connectivity index (χ2v) is 2.88. The standard InChI is InChI=1S/C10H14N2O2/c11-10(12-13)8-14-7-6-9-4-2-1-3-5-9/h1-5,13H,6-8H2,(H2,11,12). The van der Waals surface area contributed by atoms with E-state index in [0.717, 1.165) is 6.42 Å². The Morgan fingerprint density at radius 3 is 2.71 bits per heavy atom. The molecule has 14 heavy (non-hydrogen) atoms. The molecule has 0 saturated heterocycles. The Labute approximate surface area is 83.0 Å². The second-order valence-electron chi connectivity index (χ2n) is 2.88. The Bertz CT molecular complexity index is 285. The number of nitrogens with two attached hydrogens (primary N) is 1. The molecule has 0 aromatic heterocycles. The minimum Gasteiger partial charge on any atom is -0.409 e. The van der Waals surface area contributed by atoms with Crippen LogP contribution < -0.4 is 5.73 Å². The third kappa shape index (κ3) is 3.91. The van der Waals surface area contributed by atoms with Gasteiger partial charge in [-0.2, -0.15) is 0 Å². The molecule has 3 N–H and O–H groups in total. The van der Waals surface area contributed by atoms with E-state index < -0.39 is 0 Å². The molecule has 4 nitrogen and oxygen atoms in total. The number of rotatable bonds is 5. The molecule has 0 unspecified atom stereocenters. The maximum Gasteiger partial charge on any atom is 0.165 e. The van der Waals surface area contributed by atoms with Crippen molar-refractivity contribution in [2.45, 2.75) is 6.42 Å². The van der Waals surface area contributed by atoms with Gasteiger partial charge in [-0.3, -0.25) is 0 Å². The maximum atomic E-state index is 8.23. The van der Waals surface area contributed by atoms with Gasteiger partial charge < -0.3 is 15.7 Å². The molecule has 0 aliphatic carbocycles. The number of oxime groups is 1. The summed E-state index contributed by atoms with van der Waals surface area (Å²) in [6, 6.07) is 10.0. The highest BCUT2D eigenvalue weighted by Gasteiger charge is 1.94. The second kappa shape index (κ2) is 5.99. The zero-order valence-corrected chi connectivity index (χ0v) is 7.89.